The molecule has 0 spiro atoms. The van der Waals surface area contributed by atoms with Gasteiger partial charge < -0.3 is 8.94 Å². The summed E-state index contributed by atoms with van der Waals surface area (Å²) in [6.45, 7) is 2.40. The van der Waals surface area contributed by atoms with Crippen molar-refractivity contribution in [2.24, 2.45) is 0 Å². The number of rotatable bonds is 6. The fraction of sp³-hybridized carbons (Fsp3) is 0.176. The van der Waals surface area contributed by atoms with Crippen LogP contribution in [0.25, 0.3) is 11.6 Å². The highest BCUT2D eigenvalue weighted by molar-refractivity contribution is 9.10. The Labute approximate surface area is 161 Å². The fourth-order valence-corrected chi connectivity index (χ4v) is 3.54. The van der Waals surface area contributed by atoms with Crippen LogP contribution >= 0.6 is 27.7 Å². The molecule has 132 valence electrons. The second-order valence-corrected chi connectivity index (χ2v) is 7.22. The number of hydrogen-bond donors (Lipinski definition) is 0. The van der Waals surface area contributed by atoms with Gasteiger partial charge in [-0.3, -0.25) is 4.57 Å². The third kappa shape index (κ3) is 3.73. The molecule has 26 heavy (non-hydrogen) atoms. The second-order valence-electron chi connectivity index (χ2n) is 5.50. The Morgan fingerprint density at radius 2 is 1.96 bits per heavy atom. The molecule has 0 bridgehead atoms. The minimum Gasteiger partial charge on any atom is -0.446 e. The third-order valence-corrected chi connectivity index (χ3v) is 4.98. The van der Waals surface area contributed by atoms with Crippen LogP contribution in [0.15, 0.2) is 61.2 Å². The van der Waals surface area contributed by atoms with Crippen molar-refractivity contribution < 1.29 is 8.94 Å². The SMILES string of the molecule is Cc1nc(CSc2nnc(-c3ccc(Br)o3)n2Cc2ccccc2)no1. The number of benzene rings is 1. The van der Waals surface area contributed by atoms with Gasteiger partial charge in [-0.25, -0.2) is 0 Å². The Morgan fingerprint density at radius 3 is 2.65 bits per heavy atom. The molecule has 7 nitrogen and oxygen atoms in total. The maximum atomic E-state index is 5.67. The Morgan fingerprint density at radius 1 is 1.12 bits per heavy atom. The number of furan rings is 1. The quantitative estimate of drug-likeness (QED) is 0.420. The molecule has 0 fully saturated rings. The van der Waals surface area contributed by atoms with E-state index in [4.69, 9.17) is 8.94 Å². The Kier molecular flexibility index (Phi) is 4.89. The van der Waals surface area contributed by atoms with E-state index in [-0.39, 0.29) is 0 Å². The summed E-state index contributed by atoms with van der Waals surface area (Å²) in [7, 11) is 0. The molecule has 9 heteroatoms. The van der Waals surface area contributed by atoms with Crippen molar-refractivity contribution in [2.45, 2.75) is 24.4 Å². The number of hydrogen-bond acceptors (Lipinski definition) is 7. The van der Waals surface area contributed by atoms with E-state index in [1.54, 1.807) is 6.92 Å². The van der Waals surface area contributed by atoms with E-state index in [0.717, 1.165) is 10.7 Å². The molecule has 0 radical (unpaired) electrons. The molecule has 0 saturated carbocycles. The maximum Gasteiger partial charge on any atom is 0.223 e. The van der Waals surface area contributed by atoms with Gasteiger partial charge in [0.25, 0.3) is 0 Å². The van der Waals surface area contributed by atoms with Crippen LogP contribution in [0.3, 0.4) is 0 Å². The van der Waals surface area contributed by atoms with E-state index < -0.39 is 0 Å². The first-order chi connectivity index (χ1) is 12.7. The van der Waals surface area contributed by atoms with Crippen LogP contribution in [0.5, 0.6) is 0 Å². The van der Waals surface area contributed by atoms with E-state index >= 15 is 0 Å². The molecular formula is C17H14BrN5O2S. The van der Waals surface area contributed by atoms with Crippen LogP contribution in [0.4, 0.5) is 0 Å². The lowest BCUT2D eigenvalue weighted by Gasteiger charge is -2.08. The molecule has 0 saturated heterocycles. The molecule has 4 aromatic rings. The van der Waals surface area contributed by atoms with Gasteiger partial charge in [-0.15, -0.1) is 10.2 Å². The Balaban J connectivity index is 1.65. The molecule has 1 aromatic carbocycles. The van der Waals surface area contributed by atoms with Crippen LogP contribution in [-0.2, 0) is 12.3 Å². The zero-order valence-corrected chi connectivity index (χ0v) is 16.2. The summed E-state index contributed by atoms with van der Waals surface area (Å²) in [5, 5.41) is 13.3. The van der Waals surface area contributed by atoms with Crippen molar-refractivity contribution in [3.05, 3.63) is 64.4 Å². The minimum absolute atomic E-state index is 0.548. The number of aromatic nitrogens is 5. The molecule has 0 unspecified atom stereocenters. The molecule has 3 aromatic heterocycles. The number of nitrogens with zero attached hydrogens (tertiary/aromatic N) is 5. The first kappa shape index (κ1) is 17.0. The van der Waals surface area contributed by atoms with E-state index in [1.807, 2.05) is 34.9 Å². The largest absolute Gasteiger partial charge is 0.446 e. The van der Waals surface area contributed by atoms with Gasteiger partial charge in [-0.05, 0) is 33.6 Å². The van der Waals surface area contributed by atoms with Crippen LogP contribution in [0, 0.1) is 6.92 Å². The summed E-state index contributed by atoms with van der Waals surface area (Å²) >= 11 is 4.84. The monoisotopic (exact) mass is 431 g/mol. The van der Waals surface area contributed by atoms with E-state index in [9.17, 15) is 0 Å². The lowest BCUT2D eigenvalue weighted by atomic mass is 10.2. The summed E-state index contributed by atoms with van der Waals surface area (Å²) in [5.41, 5.74) is 1.15. The van der Waals surface area contributed by atoms with Gasteiger partial charge >= 0.3 is 0 Å². The topological polar surface area (TPSA) is 82.8 Å². The van der Waals surface area contributed by atoms with Crippen molar-refractivity contribution in [3.8, 4) is 11.6 Å². The van der Waals surface area contributed by atoms with Gasteiger partial charge in [0.2, 0.25) is 11.7 Å². The summed E-state index contributed by atoms with van der Waals surface area (Å²) in [5.74, 6) is 3.05. The Bertz CT molecular complexity index is 1010. The molecule has 0 aliphatic carbocycles. The molecule has 0 aliphatic rings. The number of thioether (sulfide) groups is 1. The van der Waals surface area contributed by atoms with Gasteiger partial charge in [0.1, 0.15) is 0 Å². The molecule has 0 amide bonds. The molecule has 0 N–H and O–H groups in total. The number of aryl methyl sites for hydroxylation is 1. The van der Waals surface area contributed by atoms with E-state index in [0.29, 0.717) is 40.3 Å². The highest BCUT2D eigenvalue weighted by atomic mass is 79.9. The molecule has 4 rings (SSSR count). The van der Waals surface area contributed by atoms with Gasteiger partial charge in [-0.1, -0.05) is 47.3 Å². The van der Waals surface area contributed by atoms with Crippen molar-refractivity contribution in [1.29, 1.82) is 0 Å². The summed E-state index contributed by atoms with van der Waals surface area (Å²) < 4.78 is 13.4. The average Bonchev–Trinajstić information content (AvgIpc) is 3.35. The lowest BCUT2D eigenvalue weighted by molar-refractivity contribution is 0.389. The predicted molar refractivity (Wildman–Crippen MR) is 99.6 cm³/mol. The van der Waals surface area contributed by atoms with Gasteiger partial charge in [0.15, 0.2) is 21.4 Å². The first-order valence-corrected chi connectivity index (χ1v) is 9.62. The number of halogens is 1. The van der Waals surface area contributed by atoms with E-state index in [1.165, 1.54) is 11.8 Å². The summed E-state index contributed by atoms with van der Waals surface area (Å²) in [6.07, 6.45) is 0. The zero-order chi connectivity index (χ0) is 17.9. The second kappa shape index (κ2) is 7.46. The van der Waals surface area contributed by atoms with Crippen LogP contribution < -0.4 is 0 Å². The minimum atomic E-state index is 0.548. The van der Waals surface area contributed by atoms with E-state index in [2.05, 4.69) is 48.4 Å². The summed E-state index contributed by atoms with van der Waals surface area (Å²) in [6, 6.07) is 13.9. The predicted octanol–water partition coefficient (Wildman–Crippen LogP) is 4.33. The van der Waals surface area contributed by atoms with Crippen LogP contribution in [0.1, 0.15) is 17.3 Å². The molecule has 0 atom stereocenters. The first-order valence-electron chi connectivity index (χ1n) is 7.84. The fourth-order valence-electron chi connectivity index (χ4n) is 2.45. The van der Waals surface area contributed by atoms with Crippen LogP contribution in [0.2, 0.25) is 0 Å². The van der Waals surface area contributed by atoms with Gasteiger partial charge in [0.05, 0.1) is 12.3 Å². The molecule has 3 heterocycles. The lowest BCUT2D eigenvalue weighted by Crippen LogP contribution is -2.04. The van der Waals surface area contributed by atoms with Crippen molar-refractivity contribution >= 4 is 27.7 Å². The highest BCUT2D eigenvalue weighted by Gasteiger charge is 2.18. The van der Waals surface area contributed by atoms with Crippen molar-refractivity contribution in [3.63, 3.8) is 0 Å². The molecule has 0 aliphatic heterocycles. The Hall–Kier alpha value is -2.39. The smallest absolute Gasteiger partial charge is 0.223 e. The standard InChI is InChI=1S/C17H14BrN5O2S/c1-11-19-15(22-25-11)10-26-17-21-20-16(13-7-8-14(18)24-13)23(17)9-12-5-3-2-4-6-12/h2-8H,9-10H2,1H3. The highest BCUT2D eigenvalue weighted by Crippen LogP contribution is 2.29. The van der Waals surface area contributed by atoms with Gasteiger partial charge in [0, 0.05) is 6.92 Å². The average molecular weight is 432 g/mol. The summed E-state index contributed by atoms with van der Waals surface area (Å²) in [4.78, 5) is 4.23. The zero-order valence-electron chi connectivity index (χ0n) is 13.8. The third-order valence-electron chi connectivity index (χ3n) is 3.59. The molecular weight excluding hydrogens is 418 g/mol. The van der Waals surface area contributed by atoms with Crippen LogP contribution in [-0.4, -0.2) is 24.9 Å². The van der Waals surface area contributed by atoms with Gasteiger partial charge in [-0.2, -0.15) is 4.98 Å². The van der Waals surface area contributed by atoms with Crippen molar-refractivity contribution in [2.75, 3.05) is 0 Å². The normalized spacial score (nSPS) is 11.2. The van der Waals surface area contributed by atoms with Crippen molar-refractivity contribution in [1.82, 2.24) is 24.9 Å². The maximum absolute atomic E-state index is 5.67.